The summed E-state index contributed by atoms with van der Waals surface area (Å²) in [5.74, 6) is -0.389. The lowest BCUT2D eigenvalue weighted by atomic mass is 9.46. The minimum absolute atomic E-state index is 0.0382. The maximum Gasteiger partial charge on any atom is 0.356 e. The third-order valence-corrected chi connectivity index (χ3v) is 10.5. The number of carbonyl (C=O) groups excluding carboxylic acids is 3. The van der Waals surface area contributed by atoms with Crippen LogP contribution in [0, 0.1) is 34.5 Å². The number of ether oxygens (including phenoxy) is 2. The third kappa shape index (κ3) is 3.67. The fourth-order valence-electron chi connectivity index (χ4n) is 8.87. The van der Waals surface area contributed by atoms with Gasteiger partial charge in [-0.1, -0.05) is 35.8 Å². The molecule has 4 aliphatic carbocycles. The Morgan fingerprint density at radius 1 is 1.08 bits per heavy atom. The number of nitrogens with zero attached hydrogens (tertiary/aromatic N) is 2. The van der Waals surface area contributed by atoms with E-state index in [1.54, 1.807) is 0 Å². The molecule has 0 aromatic heterocycles. The predicted molar refractivity (Wildman–Crippen MR) is 134 cm³/mol. The Kier molecular flexibility index (Phi) is 6.27. The first-order valence-electron chi connectivity index (χ1n) is 13.4. The largest absolute Gasteiger partial charge is 0.464 e. The van der Waals surface area contributed by atoms with Gasteiger partial charge in [-0.3, -0.25) is 4.79 Å². The van der Waals surface area contributed by atoms with Crippen LogP contribution in [-0.4, -0.2) is 48.1 Å². The SMILES string of the molecule is COC(=O)C1=NO[C@@]2(C(C)=NOC(C)=O)[C@@H]1C[C@@H]1[C@H]3CC=C4C[C@@H](OC(C)=O)CC[C@]4(C)[C@@H]3CC[C@@]12C. The van der Waals surface area contributed by atoms with Crippen LogP contribution in [0.15, 0.2) is 22.0 Å². The highest BCUT2D eigenvalue weighted by atomic mass is 16.7. The Hall–Kier alpha value is -2.71. The van der Waals surface area contributed by atoms with Gasteiger partial charge in [-0.2, -0.15) is 0 Å². The summed E-state index contributed by atoms with van der Waals surface area (Å²) in [6.45, 7) is 9.22. The predicted octanol–water partition coefficient (Wildman–Crippen LogP) is 4.34. The summed E-state index contributed by atoms with van der Waals surface area (Å²) in [6.07, 6.45) is 8.59. The van der Waals surface area contributed by atoms with Crippen LogP contribution >= 0.6 is 0 Å². The van der Waals surface area contributed by atoms with E-state index >= 15 is 0 Å². The van der Waals surface area contributed by atoms with E-state index in [0.29, 0.717) is 17.5 Å². The van der Waals surface area contributed by atoms with Crippen LogP contribution < -0.4 is 0 Å². The summed E-state index contributed by atoms with van der Waals surface area (Å²) in [5, 5.41) is 8.40. The van der Waals surface area contributed by atoms with E-state index < -0.39 is 17.5 Å². The molecule has 0 saturated heterocycles. The van der Waals surface area contributed by atoms with Crippen LogP contribution in [0.25, 0.3) is 0 Å². The Balaban J connectivity index is 1.51. The number of carbonyl (C=O) groups is 3. The number of oxime groups is 2. The summed E-state index contributed by atoms with van der Waals surface area (Å²) in [6, 6.07) is 0. The number of methoxy groups -OCH3 is 1. The van der Waals surface area contributed by atoms with E-state index in [1.807, 2.05) is 6.92 Å². The van der Waals surface area contributed by atoms with Gasteiger partial charge in [0, 0.05) is 25.7 Å². The molecule has 1 heterocycles. The second kappa shape index (κ2) is 8.95. The lowest BCUT2D eigenvalue weighted by Crippen LogP contribution is -2.59. The minimum Gasteiger partial charge on any atom is -0.464 e. The molecule has 0 spiro atoms. The molecule has 1 aliphatic heterocycles. The number of esters is 2. The van der Waals surface area contributed by atoms with E-state index in [4.69, 9.17) is 19.1 Å². The molecule has 3 saturated carbocycles. The van der Waals surface area contributed by atoms with E-state index in [9.17, 15) is 14.4 Å². The van der Waals surface area contributed by atoms with Gasteiger partial charge in [-0.25, -0.2) is 9.59 Å². The van der Waals surface area contributed by atoms with Crippen molar-refractivity contribution >= 4 is 29.3 Å². The van der Waals surface area contributed by atoms with Crippen molar-refractivity contribution in [2.45, 2.75) is 91.3 Å². The molecule has 202 valence electrons. The van der Waals surface area contributed by atoms with Gasteiger partial charge in [-0.05, 0) is 68.6 Å². The molecular formula is C28H38N2O7. The molecule has 3 fully saturated rings. The van der Waals surface area contributed by atoms with E-state index in [-0.39, 0.29) is 40.5 Å². The molecule has 0 N–H and O–H groups in total. The van der Waals surface area contributed by atoms with Crippen molar-refractivity contribution in [1.29, 1.82) is 0 Å². The van der Waals surface area contributed by atoms with Crippen LogP contribution in [0.1, 0.15) is 79.6 Å². The molecule has 0 aromatic carbocycles. The van der Waals surface area contributed by atoms with Crippen molar-refractivity contribution in [2.24, 2.45) is 44.8 Å². The van der Waals surface area contributed by atoms with Crippen molar-refractivity contribution < 1.29 is 33.5 Å². The number of allylic oxidation sites excluding steroid dienone is 1. The average molecular weight is 515 g/mol. The summed E-state index contributed by atoms with van der Waals surface area (Å²) in [7, 11) is 1.35. The smallest absolute Gasteiger partial charge is 0.356 e. The fraction of sp³-hybridized carbons (Fsp3) is 0.750. The molecule has 0 bridgehead atoms. The highest BCUT2D eigenvalue weighted by molar-refractivity contribution is 6.38. The highest BCUT2D eigenvalue weighted by Crippen LogP contribution is 2.70. The van der Waals surface area contributed by atoms with Gasteiger partial charge < -0.3 is 19.1 Å². The first-order chi connectivity index (χ1) is 17.5. The summed E-state index contributed by atoms with van der Waals surface area (Å²) >= 11 is 0. The Morgan fingerprint density at radius 2 is 1.84 bits per heavy atom. The van der Waals surface area contributed by atoms with Crippen molar-refractivity contribution in [2.75, 3.05) is 7.11 Å². The molecule has 0 unspecified atom stereocenters. The van der Waals surface area contributed by atoms with Crippen molar-refractivity contribution in [3.05, 3.63) is 11.6 Å². The van der Waals surface area contributed by atoms with Crippen LogP contribution in [0.4, 0.5) is 0 Å². The molecule has 0 amide bonds. The number of rotatable bonds is 4. The van der Waals surface area contributed by atoms with Gasteiger partial charge in [0.2, 0.25) is 0 Å². The van der Waals surface area contributed by atoms with E-state index in [0.717, 1.165) is 44.9 Å². The quantitative estimate of drug-likeness (QED) is 0.180. The van der Waals surface area contributed by atoms with Gasteiger partial charge in [0.25, 0.3) is 0 Å². The van der Waals surface area contributed by atoms with Crippen molar-refractivity contribution in [3.8, 4) is 0 Å². The summed E-state index contributed by atoms with van der Waals surface area (Å²) in [4.78, 5) is 47.1. The third-order valence-electron chi connectivity index (χ3n) is 10.5. The maximum atomic E-state index is 12.7. The molecule has 9 nitrogen and oxygen atoms in total. The normalized spacial score (nSPS) is 42.1. The lowest BCUT2D eigenvalue weighted by Gasteiger charge is -2.58. The number of hydrogen-bond donors (Lipinski definition) is 0. The lowest BCUT2D eigenvalue weighted by molar-refractivity contribution is -0.149. The van der Waals surface area contributed by atoms with Gasteiger partial charge >= 0.3 is 17.9 Å². The van der Waals surface area contributed by atoms with Crippen molar-refractivity contribution in [3.63, 3.8) is 0 Å². The second-order valence-electron chi connectivity index (χ2n) is 12.0. The number of hydrogen-bond acceptors (Lipinski definition) is 9. The Morgan fingerprint density at radius 3 is 2.51 bits per heavy atom. The Bertz CT molecular complexity index is 1110. The van der Waals surface area contributed by atoms with Crippen LogP contribution in [0.3, 0.4) is 0 Å². The van der Waals surface area contributed by atoms with Gasteiger partial charge in [0.1, 0.15) is 11.8 Å². The monoisotopic (exact) mass is 514 g/mol. The zero-order valence-corrected chi connectivity index (χ0v) is 22.7. The zero-order chi connectivity index (χ0) is 26.8. The fourth-order valence-corrected chi connectivity index (χ4v) is 8.87. The molecular weight excluding hydrogens is 476 g/mol. The standard InChI is InChI=1S/C28H38N2O7/c1-15(29-36-17(3)32)28-23(24(30-37-28)25(33)34-6)14-22-20-8-7-18-13-19(35-16(2)31)9-11-26(18,4)21(20)10-12-27(22,28)5/h7,19-23H,8-14H2,1-6H3/t19-,20-,21+,22+,23+,26-,27-,28-/m0/s1. The maximum absolute atomic E-state index is 12.7. The highest BCUT2D eigenvalue weighted by Gasteiger charge is 2.74. The second-order valence-corrected chi connectivity index (χ2v) is 12.0. The summed E-state index contributed by atoms with van der Waals surface area (Å²) in [5.41, 5.74) is 0.962. The van der Waals surface area contributed by atoms with Crippen LogP contribution in [0.5, 0.6) is 0 Å². The first-order valence-corrected chi connectivity index (χ1v) is 13.4. The molecule has 0 radical (unpaired) electrons. The van der Waals surface area contributed by atoms with Crippen molar-refractivity contribution in [1.82, 2.24) is 0 Å². The van der Waals surface area contributed by atoms with Gasteiger partial charge in [0.15, 0.2) is 11.3 Å². The molecule has 37 heavy (non-hydrogen) atoms. The molecule has 5 rings (SSSR count). The number of fused-ring (bicyclic) bond motifs is 7. The van der Waals surface area contributed by atoms with Crippen LogP contribution in [0.2, 0.25) is 0 Å². The zero-order valence-electron chi connectivity index (χ0n) is 22.7. The van der Waals surface area contributed by atoms with Gasteiger partial charge in [0.05, 0.1) is 13.0 Å². The summed E-state index contributed by atoms with van der Waals surface area (Å²) < 4.78 is 10.6. The van der Waals surface area contributed by atoms with Crippen LogP contribution in [-0.2, 0) is 33.5 Å². The molecule has 8 atom stereocenters. The first kappa shape index (κ1) is 25.9. The Labute approximate surface area is 218 Å². The van der Waals surface area contributed by atoms with E-state index in [2.05, 4.69) is 30.2 Å². The molecule has 5 aliphatic rings. The molecule has 9 heteroatoms. The van der Waals surface area contributed by atoms with E-state index in [1.165, 1.54) is 26.5 Å². The van der Waals surface area contributed by atoms with Gasteiger partial charge in [-0.15, -0.1) is 0 Å². The minimum atomic E-state index is -0.973. The topological polar surface area (TPSA) is 113 Å². The molecule has 0 aromatic rings. The average Bonchev–Trinajstić information content (AvgIpc) is 3.35.